The first-order valence-corrected chi connectivity index (χ1v) is 9.82. The van der Waals surface area contributed by atoms with Crippen LogP contribution in [-0.4, -0.2) is 34.9 Å². The van der Waals surface area contributed by atoms with Gasteiger partial charge in [0.2, 0.25) is 5.91 Å². The number of aliphatic hydroxyl groups excluding tert-OH is 1. The highest BCUT2D eigenvalue weighted by Gasteiger charge is 2.33. The summed E-state index contributed by atoms with van der Waals surface area (Å²) in [5.41, 5.74) is 4.54. The second kappa shape index (κ2) is 8.09. The molecule has 0 bridgehead atoms. The van der Waals surface area contributed by atoms with Crippen LogP contribution in [-0.2, 0) is 11.2 Å². The maximum Gasteiger partial charge on any atom is 0.230 e. The number of anilines is 1. The first-order chi connectivity index (χ1) is 14.1. The Kier molecular flexibility index (Phi) is 5.36. The van der Waals surface area contributed by atoms with Crippen molar-refractivity contribution in [2.45, 2.75) is 25.9 Å². The van der Waals surface area contributed by atoms with E-state index in [1.165, 1.54) is 0 Å². The number of aliphatic hydroxyl groups is 1. The largest absolute Gasteiger partial charge is 0.497 e. The van der Waals surface area contributed by atoms with Crippen molar-refractivity contribution >= 4 is 11.6 Å². The zero-order valence-corrected chi connectivity index (χ0v) is 16.6. The summed E-state index contributed by atoms with van der Waals surface area (Å²) in [5.74, 6) is 0.882. The molecule has 0 radical (unpaired) electrons. The van der Waals surface area contributed by atoms with Crippen LogP contribution in [0.5, 0.6) is 5.75 Å². The van der Waals surface area contributed by atoms with Gasteiger partial charge in [0.1, 0.15) is 5.75 Å². The Labute approximate surface area is 170 Å². The Morgan fingerprint density at radius 1 is 1.31 bits per heavy atom. The lowest BCUT2D eigenvalue weighted by atomic mass is 9.97. The van der Waals surface area contributed by atoms with Crippen LogP contribution < -0.4 is 9.64 Å². The van der Waals surface area contributed by atoms with Crippen molar-refractivity contribution in [2.24, 2.45) is 5.92 Å². The molecule has 29 heavy (non-hydrogen) atoms. The van der Waals surface area contributed by atoms with E-state index in [9.17, 15) is 9.90 Å². The molecule has 4 rings (SSSR count). The molecule has 2 heterocycles. The molecule has 1 aliphatic rings. The minimum Gasteiger partial charge on any atom is -0.497 e. The van der Waals surface area contributed by atoms with Gasteiger partial charge in [-0.2, -0.15) is 5.10 Å². The van der Waals surface area contributed by atoms with Crippen molar-refractivity contribution < 1.29 is 14.6 Å². The first kappa shape index (κ1) is 19.2. The van der Waals surface area contributed by atoms with Crippen molar-refractivity contribution in [3.8, 4) is 16.9 Å². The van der Waals surface area contributed by atoms with Crippen LogP contribution in [0.3, 0.4) is 0 Å². The van der Waals surface area contributed by atoms with Crippen LogP contribution in [0.15, 0.2) is 54.9 Å². The number of carbonyl (C=O) groups excluding carboxylic acids is 1. The molecule has 2 N–H and O–H groups in total. The number of ether oxygens (including phenoxy) is 1. The predicted molar refractivity (Wildman–Crippen MR) is 112 cm³/mol. The number of rotatable bonds is 6. The van der Waals surface area contributed by atoms with Crippen molar-refractivity contribution in [1.82, 2.24) is 10.2 Å². The Balaban J connectivity index is 1.56. The van der Waals surface area contributed by atoms with E-state index in [1.54, 1.807) is 26.4 Å². The number of benzene rings is 2. The number of H-pyrrole nitrogens is 1. The molecule has 1 amide bonds. The molecule has 6 nitrogen and oxygen atoms in total. The van der Waals surface area contributed by atoms with Crippen molar-refractivity contribution in [2.75, 3.05) is 18.6 Å². The highest BCUT2D eigenvalue weighted by atomic mass is 16.5. The number of aromatic amines is 1. The van der Waals surface area contributed by atoms with Gasteiger partial charge in [-0.3, -0.25) is 9.89 Å². The molecule has 2 atom stereocenters. The third-order valence-corrected chi connectivity index (χ3v) is 5.54. The number of hydrogen-bond donors (Lipinski definition) is 2. The average Bonchev–Trinajstić information content (AvgIpc) is 3.38. The number of methoxy groups -OCH3 is 1. The summed E-state index contributed by atoms with van der Waals surface area (Å²) in [6, 6.07) is 13.7. The van der Waals surface area contributed by atoms with E-state index in [0.717, 1.165) is 40.1 Å². The molecule has 1 aliphatic heterocycles. The molecule has 1 aromatic heterocycles. The van der Waals surface area contributed by atoms with Gasteiger partial charge in [-0.25, -0.2) is 0 Å². The van der Waals surface area contributed by atoms with Gasteiger partial charge in [-0.15, -0.1) is 0 Å². The van der Waals surface area contributed by atoms with Crippen molar-refractivity contribution in [3.63, 3.8) is 0 Å². The average molecular weight is 391 g/mol. The molecule has 1 fully saturated rings. The molecule has 150 valence electrons. The van der Waals surface area contributed by atoms with Gasteiger partial charge < -0.3 is 14.7 Å². The smallest absolute Gasteiger partial charge is 0.230 e. The maximum atomic E-state index is 13.1. The second-order valence-corrected chi connectivity index (χ2v) is 7.47. The first-order valence-electron chi connectivity index (χ1n) is 9.82. The Morgan fingerprint density at radius 3 is 2.90 bits per heavy atom. The number of aromatic nitrogens is 2. The van der Waals surface area contributed by atoms with Gasteiger partial charge in [0.25, 0.3) is 0 Å². The van der Waals surface area contributed by atoms with Crippen LogP contribution in [0.2, 0.25) is 0 Å². The van der Waals surface area contributed by atoms with Crippen LogP contribution >= 0.6 is 0 Å². The number of amides is 1. The number of hydrogen-bond acceptors (Lipinski definition) is 4. The van der Waals surface area contributed by atoms with Gasteiger partial charge in [0.15, 0.2) is 0 Å². The zero-order chi connectivity index (χ0) is 20.4. The maximum absolute atomic E-state index is 13.1. The van der Waals surface area contributed by atoms with Gasteiger partial charge in [-0.05, 0) is 60.7 Å². The topological polar surface area (TPSA) is 78.4 Å². The summed E-state index contributed by atoms with van der Waals surface area (Å²) in [4.78, 5) is 14.9. The van der Waals surface area contributed by atoms with E-state index in [0.29, 0.717) is 13.0 Å². The van der Waals surface area contributed by atoms with E-state index in [1.807, 2.05) is 47.4 Å². The van der Waals surface area contributed by atoms with Crippen LogP contribution in [0.25, 0.3) is 11.1 Å². The summed E-state index contributed by atoms with van der Waals surface area (Å²) < 4.78 is 5.29. The fourth-order valence-electron chi connectivity index (χ4n) is 3.99. The van der Waals surface area contributed by atoms with Crippen LogP contribution in [0, 0.1) is 5.92 Å². The van der Waals surface area contributed by atoms with E-state index in [4.69, 9.17) is 4.74 Å². The standard InChI is InChI=1S/C23H25N3O3/c1-15(27)22-12-19(6-7-21(22)18-13-24-25-14-18)26-9-8-17(23(26)28)10-16-4-3-5-20(11-16)29-2/h3-7,11-15,17,27H,8-10H2,1-2H3,(H,24,25). The van der Waals surface area contributed by atoms with E-state index in [2.05, 4.69) is 10.2 Å². The lowest BCUT2D eigenvalue weighted by molar-refractivity contribution is -0.120. The molecule has 2 unspecified atom stereocenters. The summed E-state index contributed by atoms with van der Waals surface area (Å²) in [5, 5.41) is 17.1. The molecule has 3 aromatic rings. The Morgan fingerprint density at radius 2 is 2.17 bits per heavy atom. The Bertz CT molecular complexity index is 998. The molecule has 2 aromatic carbocycles. The van der Waals surface area contributed by atoms with Gasteiger partial charge in [-0.1, -0.05) is 18.2 Å². The fraction of sp³-hybridized carbons (Fsp3) is 0.304. The fourth-order valence-corrected chi connectivity index (χ4v) is 3.99. The SMILES string of the molecule is COc1cccc(CC2CCN(c3ccc(-c4cn[nH]c4)c(C(C)O)c3)C2=O)c1. The molecule has 0 aliphatic carbocycles. The van der Waals surface area contributed by atoms with E-state index < -0.39 is 6.10 Å². The summed E-state index contributed by atoms with van der Waals surface area (Å²) in [6.07, 6.45) is 4.38. The molecular weight excluding hydrogens is 366 g/mol. The van der Waals surface area contributed by atoms with Crippen molar-refractivity contribution in [3.05, 3.63) is 66.0 Å². The van der Waals surface area contributed by atoms with Gasteiger partial charge in [0, 0.05) is 29.9 Å². The number of nitrogens with zero attached hydrogens (tertiary/aromatic N) is 2. The zero-order valence-electron chi connectivity index (χ0n) is 16.6. The summed E-state index contributed by atoms with van der Waals surface area (Å²) in [6.45, 7) is 2.41. The third-order valence-electron chi connectivity index (χ3n) is 5.54. The normalized spacial score (nSPS) is 17.6. The van der Waals surface area contributed by atoms with Gasteiger partial charge in [0.05, 0.1) is 19.4 Å². The van der Waals surface area contributed by atoms with Crippen LogP contribution in [0.1, 0.15) is 30.6 Å². The van der Waals surface area contributed by atoms with Gasteiger partial charge >= 0.3 is 0 Å². The van der Waals surface area contributed by atoms with Crippen LogP contribution in [0.4, 0.5) is 5.69 Å². The Hall–Kier alpha value is -3.12. The predicted octanol–water partition coefficient (Wildman–Crippen LogP) is 3.73. The lowest BCUT2D eigenvalue weighted by Gasteiger charge is -2.20. The number of carbonyl (C=O) groups is 1. The third kappa shape index (κ3) is 3.89. The van der Waals surface area contributed by atoms with E-state index >= 15 is 0 Å². The number of nitrogens with one attached hydrogen (secondary N) is 1. The molecule has 1 saturated heterocycles. The lowest BCUT2D eigenvalue weighted by Crippen LogP contribution is -2.27. The van der Waals surface area contributed by atoms with E-state index in [-0.39, 0.29) is 11.8 Å². The molecular formula is C23H25N3O3. The monoisotopic (exact) mass is 391 g/mol. The highest BCUT2D eigenvalue weighted by Crippen LogP contribution is 2.34. The highest BCUT2D eigenvalue weighted by molar-refractivity contribution is 5.97. The molecule has 0 saturated carbocycles. The quantitative estimate of drug-likeness (QED) is 0.671. The second-order valence-electron chi connectivity index (χ2n) is 7.47. The molecule has 0 spiro atoms. The minimum absolute atomic E-state index is 0.0503. The molecule has 6 heteroatoms. The summed E-state index contributed by atoms with van der Waals surface area (Å²) >= 11 is 0. The summed E-state index contributed by atoms with van der Waals surface area (Å²) in [7, 11) is 1.65. The minimum atomic E-state index is -0.648. The van der Waals surface area contributed by atoms with Crippen molar-refractivity contribution in [1.29, 1.82) is 0 Å².